The monoisotopic (exact) mass is 740 g/mol. The number of sulfonamides is 1. The first-order valence-electron chi connectivity index (χ1n) is 9.02. The average Bonchev–Trinajstić information content (AvgIpc) is 2.81. The molecule has 0 radical (unpaired) electrons. The molecule has 0 spiro atoms. The number of halogens is 12. The number of amides is 1. The van der Waals surface area contributed by atoms with Crippen LogP contribution in [0.4, 0.5) is 52.7 Å². The van der Waals surface area contributed by atoms with Crippen molar-refractivity contribution in [2.24, 2.45) is 0 Å². The van der Waals surface area contributed by atoms with Gasteiger partial charge in [-0.05, 0) is 24.3 Å². The van der Waals surface area contributed by atoms with E-state index in [0.717, 1.165) is 0 Å². The number of rotatable bonds is 12. The standard InChI is InChI=1S/C13H6F12NO13S4/c14-8(15,11(20,21)41(31,32)33)10(18,19)40(29,30)26(28)7(27)5-1-3-6(4-2-5)39-43(37,38)13(24,25)9(16,17)12(22,23)42(34,35)36/h1-4H,(H,31,32,33)(H,34,35,36)/q-1. The van der Waals surface area contributed by atoms with Crippen LogP contribution in [0, 0.1) is 5.21 Å². The lowest BCUT2D eigenvalue weighted by atomic mass is 10.2. The van der Waals surface area contributed by atoms with Gasteiger partial charge in [0.1, 0.15) is 5.75 Å². The van der Waals surface area contributed by atoms with E-state index in [1.807, 2.05) is 0 Å². The number of hydrogen-bond acceptors (Lipinski definition) is 11. The second-order valence-electron chi connectivity index (χ2n) is 7.27. The Bertz CT molecular complexity index is 1710. The Hall–Kier alpha value is -2.67. The normalized spacial score (nSPS) is 15.2. The molecule has 2 N–H and O–H groups in total. The van der Waals surface area contributed by atoms with Crippen molar-refractivity contribution in [2.45, 2.75) is 32.9 Å². The Morgan fingerprint density at radius 3 is 1.28 bits per heavy atom. The van der Waals surface area contributed by atoms with Crippen LogP contribution in [-0.2, 0) is 40.4 Å². The van der Waals surface area contributed by atoms with Gasteiger partial charge in [0, 0.05) is 5.56 Å². The van der Waals surface area contributed by atoms with Crippen molar-refractivity contribution in [1.29, 1.82) is 0 Å². The fourth-order valence-electron chi connectivity index (χ4n) is 2.13. The number of carbonyl (C=O) groups is 1. The average molecular weight is 740 g/mol. The van der Waals surface area contributed by atoms with Crippen LogP contribution in [0.5, 0.6) is 5.75 Å². The molecule has 0 aromatic heterocycles. The van der Waals surface area contributed by atoms with E-state index < -0.39 is 94.9 Å². The van der Waals surface area contributed by atoms with E-state index in [1.165, 1.54) is 0 Å². The van der Waals surface area contributed by atoms with Crippen LogP contribution >= 0.6 is 0 Å². The highest BCUT2D eigenvalue weighted by atomic mass is 32.2. The maximum absolute atomic E-state index is 13.8. The van der Waals surface area contributed by atoms with Crippen molar-refractivity contribution in [2.75, 3.05) is 0 Å². The third kappa shape index (κ3) is 5.67. The highest BCUT2D eigenvalue weighted by Gasteiger charge is 2.84. The Kier molecular flexibility index (Phi) is 9.33. The summed E-state index contributed by atoms with van der Waals surface area (Å²) in [5.74, 6) is -19.9. The van der Waals surface area contributed by atoms with Crippen LogP contribution in [0.2, 0.25) is 0 Å². The summed E-state index contributed by atoms with van der Waals surface area (Å²) in [5.41, 5.74) is -1.71. The largest absolute Gasteiger partial charge is 0.742 e. The number of carbonyl (C=O) groups excluding carboxylic acids is 1. The molecule has 1 aromatic rings. The third-order valence-electron chi connectivity index (χ3n) is 4.44. The smallest absolute Gasteiger partial charge is 0.450 e. The molecule has 14 nitrogen and oxygen atoms in total. The van der Waals surface area contributed by atoms with Gasteiger partial charge >= 0.3 is 73.2 Å². The van der Waals surface area contributed by atoms with Crippen molar-refractivity contribution in [3.8, 4) is 5.75 Å². The van der Waals surface area contributed by atoms with E-state index in [0.29, 0.717) is 0 Å². The lowest BCUT2D eigenvalue weighted by Gasteiger charge is -2.36. The van der Waals surface area contributed by atoms with Gasteiger partial charge in [-0.25, -0.2) is 8.42 Å². The third-order valence-corrected chi connectivity index (χ3v) is 9.05. The van der Waals surface area contributed by atoms with E-state index in [2.05, 4.69) is 4.18 Å². The minimum atomic E-state index is -7.95. The van der Waals surface area contributed by atoms with E-state index in [-0.39, 0.29) is 24.3 Å². The van der Waals surface area contributed by atoms with Crippen molar-refractivity contribution in [3.05, 3.63) is 35.0 Å². The summed E-state index contributed by atoms with van der Waals surface area (Å²) in [6.45, 7) is 0. The van der Waals surface area contributed by atoms with E-state index in [4.69, 9.17) is 9.11 Å². The molecule has 0 aliphatic heterocycles. The molecule has 30 heteroatoms. The van der Waals surface area contributed by atoms with E-state index in [1.54, 1.807) is 0 Å². The molecule has 250 valence electrons. The zero-order valence-corrected chi connectivity index (χ0v) is 22.1. The van der Waals surface area contributed by atoms with Crippen LogP contribution in [-0.4, -0.2) is 86.0 Å². The zero-order valence-electron chi connectivity index (χ0n) is 18.8. The van der Waals surface area contributed by atoms with E-state index >= 15 is 0 Å². The number of alkyl halides is 12. The first-order valence-corrected chi connectivity index (χ1v) is 14.7. The quantitative estimate of drug-likeness (QED) is 0.136. The molecule has 1 amide bonds. The zero-order chi connectivity index (χ0) is 34.8. The van der Waals surface area contributed by atoms with Crippen molar-refractivity contribution < 1.29 is 104 Å². The summed E-state index contributed by atoms with van der Waals surface area (Å²) < 4.78 is 266. The van der Waals surface area contributed by atoms with Gasteiger partial charge in [0.25, 0.3) is 5.91 Å². The Morgan fingerprint density at radius 2 is 0.953 bits per heavy atom. The maximum atomic E-state index is 13.8. The molecular formula is C13H6F12NO13S4-. The van der Waals surface area contributed by atoms with Gasteiger partial charge in [-0.2, -0.15) is 77.9 Å². The minimum absolute atomic E-state index is 0.236. The molecule has 0 bridgehead atoms. The molecule has 0 aliphatic rings. The number of hydroxylamine groups is 1. The lowest BCUT2D eigenvalue weighted by Crippen LogP contribution is -2.63. The van der Waals surface area contributed by atoms with Gasteiger partial charge < -0.3 is 13.9 Å². The molecule has 0 unspecified atom stereocenters. The van der Waals surface area contributed by atoms with Gasteiger partial charge in [0.2, 0.25) is 0 Å². The first-order chi connectivity index (χ1) is 18.5. The summed E-state index contributed by atoms with van der Waals surface area (Å²) in [6, 6.07) is -0.973. The van der Waals surface area contributed by atoms with Crippen LogP contribution in [0.3, 0.4) is 0 Å². The summed E-state index contributed by atoms with van der Waals surface area (Å²) in [4.78, 5) is 11.9. The summed E-state index contributed by atoms with van der Waals surface area (Å²) in [7, 11) is -30.4. The molecule has 0 saturated carbocycles. The highest BCUT2D eigenvalue weighted by molar-refractivity contribution is 7.91. The van der Waals surface area contributed by atoms with Crippen molar-refractivity contribution in [3.63, 3.8) is 0 Å². The van der Waals surface area contributed by atoms with E-state index in [9.17, 15) is 96.4 Å². The Labute approximate surface area is 229 Å². The Morgan fingerprint density at radius 1 is 0.628 bits per heavy atom. The number of hydrogen-bond donors (Lipinski definition) is 2. The molecule has 0 aliphatic carbocycles. The van der Waals surface area contributed by atoms with Gasteiger partial charge in [0.05, 0.1) is 0 Å². The second-order valence-corrected chi connectivity index (χ2v) is 13.6. The highest BCUT2D eigenvalue weighted by Crippen LogP contribution is 2.52. The maximum Gasteiger partial charge on any atom is 0.450 e. The molecule has 43 heavy (non-hydrogen) atoms. The molecule has 0 saturated heterocycles. The summed E-state index contributed by atoms with van der Waals surface area (Å²) in [5, 5.41) is -17.6. The fourth-order valence-corrected chi connectivity index (χ4v) is 5.06. The molecule has 1 aromatic carbocycles. The van der Waals surface area contributed by atoms with Gasteiger partial charge in [0.15, 0.2) is 0 Å². The van der Waals surface area contributed by atoms with Gasteiger partial charge in [-0.15, -0.1) is 0 Å². The molecular weight excluding hydrogens is 734 g/mol. The van der Waals surface area contributed by atoms with Crippen LogP contribution in [0.1, 0.15) is 10.4 Å². The predicted molar refractivity (Wildman–Crippen MR) is 107 cm³/mol. The first kappa shape index (κ1) is 38.4. The van der Waals surface area contributed by atoms with Crippen LogP contribution in [0.25, 0.3) is 0 Å². The summed E-state index contributed by atoms with van der Waals surface area (Å²) >= 11 is 0. The number of nitrogens with zero attached hydrogens (tertiary/aromatic N) is 1. The molecule has 0 fully saturated rings. The molecule has 0 heterocycles. The topological polar surface area (TPSA) is 230 Å². The van der Waals surface area contributed by atoms with Gasteiger partial charge in [-0.1, -0.05) is 0 Å². The number of benzene rings is 1. The minimum Gasteiger partial charge on any atom is -0.742 e. The predicted octanol–water partition coefficient (Wildman–Crippen LogP) is 2.08. The Balaban J connectivity index is 3.44. The van der Waals surface area contributed by atoms with Crippen LogP contribution in [0.15, 0.2) is 24.3 Å². The van der Waals surface area contributed by atoms with Gasteiger partial charge in [-0.3, -0.25) is 13.9 Å². The van der Waals surface area contributed by atoms with Crippen molar-refractivity contribution in [1.82, 2.24) is 4.47 Å². The molecule has 1 rings (SSSR count). The van der Waals surface area contributed by atoms with Crippen molar-refractivity contribution >= 4 is 46.3 Å². The lowest BCUT2D eigenvalue weighted by molar-refractivity contribution is -0.247. The fraction of sp³-hybridized carbons (Fsp3) is 0.462. The second kappa shape index (κ2) is 10.5. The molecule has 0 atom stereocenters. The summed E-state index contributed by atoms with van der Waals surface area (Å²) in [6.07, 6.45) is 0. The SMILES string of the molecule is O=C(c1ccc(OS(=O)(=O)C(F)(F)C(F)(F)C(F)(F)S(=O)(=O)O)cc1)N([O-])S(=O)(=O)C(F)(F)C(F)(F)C(F)(F)S(=O)(=O)O. The van der Waals surface area contributed by atoms with Crippen LogP contribution < -0.4 is 4.18 Å².